The van der Waals surface area contributed by atoms with Crippen molar-refractivity contribution in [1.29, 1.82) is 0 Å². The number of nitrogens with zero attached hydrogens (tertiary/aromatic N) is 2. The Morgan fingerprint density at radius 3 is 2.65 bits per heavy atom. The SMILES string of the molecule is CCc1cc(CC(CO)c2ccccc2Br)n(CC)n1. The molecule has 0 saturated carbocycles. The molecule has 0 aliphatic rings. The number of halogens is 1. The van der Waals surface area contributed by atoms with Crippen LogP contribution in [0.1, 0.15) is 36.7 Å². The van der Waals surface area contributed by atoms with Gasteiger partial charge in [0, 0.05) is 22.6 Å². The summed E-state index contributed by atoms with van der Waals surface area (Å²) in [6.45, 7) is 5.22. The molecule has 0 amide bonds. The number of hydrogen-bond donors (Lipinski definition) is 1. The highest BCUT2D eigenvalue weighted by Crippen LogP contribution is 2.27. The van der Waals surface area contributed by atoms with Crippen LogP contribution < -0.4 is 0 Å². The van der Waals surface area contributed by atoms with E-state index in [4.69, 9.17) is 0 Å². The fraction of sp³-hybridized carbons (Fsp3) is 0.438. The molecule has 0 bridgehead atoms. The van der Waals surface area contributed by atoms with E-state index >= 15 is 0 Å². The highest BCUT2D eigenvalue weighted by Gasteiger charge is 2.17. The van der Waals surface area contributed by atoms with Crippen molar-refractivity contribution in [2.75, 3.05) is 6.61 Å². The average molecular weight is 337 g/mol. The average Bonchev–Trinajstić information content (AvgIpc) is 2.88. The smallest absolute Gasteiger partial charge is 0.0624 e. The molecule has 0 fully saturated rings. The van der Waals surface area contributed by atoms with Gasteiger partial charge in [-0.2, -0.15) is 5.10 Å². The molecule has 0 saturated heterocycles. The molecule has 0 aliphatic carbocycles. The van der Waals surface area contributed by atoms with Gasteiger partial charge in [0.25, 0.3) is 0 Å². The number of aromatic nitrogens is 2. The van der Waals surface area contributed by atoms with Gasteiger partial charge >= 0.3 is 0 Å². The van der Waals surface area contributed by atoms with Gasteiger partial charge in [-0.15, -0.1) is 0 Å². The molecule has 0 aliphatic heterocycles. The molecule has 2 aromatic rings. The summed E-state index contributed by atoms with van der Waals surface area (Å²) in [5.41, 5.74) is 3.46. The van der Waals surface area contributed by atoms with Crippen molar-refractivity contribution in [3.63, 3.8) is 0 Å². The molecule has 1 aromatic heterocycles. The summed E-state index contributed by atoms with van der Waals surface area (Å²) < 4.78 is 3.09. The first-order chi connectivity index (χ1) is 9.69. The van der Waals surface area contributed by atoms with E-state index in [9.17, 15) is 5.11 Å². The van der Waals surface area contributed by atoms with E-state index in [1.54, 1.807) is 0 Å². The number of rotatable bonds is 6. The van der Waals surface area contributed by atoms with E-state index in [1.807, 2.05) is 22.9 Å². The predicted molar refractivity (Wildman–Crippen MR) is 85.0 cm³/mol. The Morgan fingerprint density at radius 2 is 2.05 bits per heavy atom. The third-order valence-electron chi connectivity index (χ3n) is 3.60. The van der Waals surface area contributed by atoms with E-state index < -0.39 is 0 Å². The molecule has 2 rings (SSSR count). The summed E-state index contributed by atoms with van der Waals surface area (Å²) in [6.07, 6.45) is 1.75. The van der Waals surface area contributed by atoms with E-state index in [0.29, 0.717) is 0 Å². The molecular weight excluding hydrogens is 316 g/mol. The lowest BCUT2D eigenvalue weighted by atomic mass is 9.95. The third-order valence-corrected chi connectivity index (χ3v) is 4.32. The molecule has 1 atom stereocenters. The zero-order valence-electron chi connectivity index (χ0n) is 12.0. The van der Waals surface area contributed by atoms with Crippen molar-refractivity contribution >= 4 is 15.9 Å². The second-order valence-corrected chi connectivity index (χ2v) is 5.76. The number of aryl methyl sites for hydroxylation is 2. The molecular formula is C16H21BrN2O. The molecule has 20 heavy (non-hydrogen) atoms. The van der Waals surface area contributed by atoms with E-state index in [0.717, 1.165) is 35.1 Å². The van der Waals surface area contributed by atoms with Crippen molar-refractivity contribution in [3.8, 4) is 0 Å². The summed E-state index contributed by atoms with van der Waals surface area (Å²) in [7, 11) is 0. The summed E-state index contributed by atoms with van der Waals surface area (Å²) in [5, 5.41) is 14.3. The minimum atomic E-state index is 0.0947. The van der Waals surface area contributed by atoms with Crippen molar-refractivity contribution in [3.05, 3.63) is 51.8 Å². The van der Waals surface area contributed by atoms with Crippen LogP contribution in [0.5, 0.6) is 0 Å². The minimum absolute atomic E-state index is 0.0947. The fourth-order valence-electron chi connectivity index (χ4n) is 2.46. The second kappa shape index (κ2) is 7.04. The summed E-state index contributed by atoms with van der Waals surface area (Å²) in [6, 6.07) is 10.2. The highest BCUT2D eigenvalue weighted by molar-refractivity contribution is 9.10. The van der Waals surface area contributed by atoms with Gasteiger partial charge in [-0.05, 0) is 37.5 Å². The van der Waals surface area contributed by atoms with Crippen LogP contribution in [0.25, 0.3) is 0 Å². The lowest BCUT2D eigenvalue weighted by Crippen LogP contribution is -2.12. The van der Waals surface area contributed by atoms with Gasteiger partial charge in [0.2, 0.25) is 0 Å². The summed E-state index contributed by atoms with van der Waals surface area (Å²) in [4.78, 5) is 0. The van der Waals surface area contributed by atoms with E-state index in [1.165, 1.54) is 5.69 Å². The predicted octanol–water partition coefficient (Wildman–Crippen LogP) is 3.55. The maximum absolute atomic E-state index is 9.74. The molecule has 108 valence electrons. The zero-order chi connectivity index (χ0) is 14.5. The van der Waals surface area contributed by atoms with Crippen molar-refractivity contribution in [1.82, 2.24) is 9.78 Å². The van der Waals surface area contributed by atoms with Gasteiger partial charge in [-0.25, -0.2) is 0 Å². The van der Waals surface area contributed by atoms with Gasteiger partial charge in [0.15, 0.2) is 0 Å². The van der Waals surface area contributed by atoms with Crippen LogP contribution in [0.2, 0.25) is 0 Å². The van der Waals surface area contributed by atoms with Crippen molar-refractivity contribution < 1.29 is 5.11 Å². The van der Waals surface area contributed by atoms with Gasteiger partial charge in [-0.1, -0.05) is 41.1 Å². The Bertz CT molecular complexity index is 565. The van der Waals surface area contributed by atoms with Gasteiger partial charge < -0.3 is 5.11 Å². The zero-order valence-corrected chi connectivity index (χ0v) is 13.6. The summed E-state index contributed by atoms with van der Waals surface area (Å²) >= 11 is 3.57. The number of benzene rings is 1. The van der Waals surface area contributed by atoms with Crippen LogP contribution in [0.15, 0.2) is 34.8 Å². The van der Waals surface area contributed by atoms with Crippen LogP contribution in [-0.4, -0.2) is 21.5 Å². The maximum Gasteiger partial charge on any atom is 0.0624 e. The van der Waals surface area contributed by atoms with Crippen molar-refractivity contribution in [2.24, 2.45) is 0 Å². The van der Waals surface area contributed by atoms with Crippen LogP contribution in [-0.2, 0) is 19.4 Å². The molecule has 1 unspecified atom stereocenters. The maximum atomic E-state index is 9.74. The van der Waals surface area contributed by atoms with E-state index in [2.05, 4.69) is 47.0 Å². The Hall–Kier alpha value is -1.13. The molecule has 0 spiro atoms. The van der Waals surface area contributed by atoms with Gasteiger partial charge in [0.05, 0.1) is 12.3 Å². The Balaban J connectivity index is 2.26. The Kier molecular flexibility index (Phi) is 5.38. The lowest BCUT2D eigenvalue weighted by Gasteiger charge is -2.16. The highest BCUT2D eigenvalue weighted by atomic mass is 79.9. The normalized spacial score (nSPS) is 12.6. The molecule has 0 radical (unpaired) electrons. The Morgan fingerprint density at radius 1 is 1.30 bits per heavy atom. The topological polar surface area (TPSA) is 38.0 Å². The summed E-state index contributed by atoms with van der Waals surface area (Å²) in [5.74, 6) is 0.0947. The molecule has 3 nitrogen and oxygen atoms in total. The molecule has 4 heteroatoms. The third kappa shape index (κ3) is 3.30. The molecule has 1 N–H and O–H groups in total. The number of aliphatic hydroxyl groups excluding tert-OH is 1. The monoisotopic (exact) mass is 336 g/mol. The van der Waals surface area contributed by atoms with Crippen LogP contribution in [0.4, 0.5) is 0 Å². The molecule has 1 aromatic carbocycles. The van der Waals surface area contributed by atoms with Crippen LogP contribution in [0.3, 0.4) is 0 Å². The molecule has 1 heterocycles. The minimum Gasteiger partial charge on any atom is -0.396 e. The second-order valence-electron chi connectivity index (χ2n) is 4.90. The fourth-order valence-corrected chi connectivity index (χ4v) is 3.07. The Labute approximate surface area is 128 Å². The van der Waals surface area contributed by atoms with Crippen LogP contribution >= 0.6 is 15.9 Å². The first kappa shape index (κ1) is 15.3. The number of aliphatic hydroxyl groups is 1. The number of hydrogen-bond acceptors (Lipinski definition) is 2. The lowest BCUT2D eigenvalue weighted by molar-refractivity contribution is 0.262. The largest absolute Gasteiger partial charge is 0.396 e. The first-order valence-electron chi connectivity index (χ1n) is 7.10. The van der Waals surface area contributed by atoms with Crippen molar-refractivity contribution in [2.45, 2.75) is 39.2 Å². The first-order valence-corrected chi connectivity index (χ1v) is 7.89. The van der Waals surface area contributed by atoms with Crippen LogP contribution in [0, 0.1) is 0 Å². The van der Waals surface area contributed by atoms with Gasteiger partial charge in [0.1, 0.15) is 0 Å². The van der Waals surface area contributed by atoms with E-state index in [-0.39, 0.29) is 12.5 Å². The standard InChI is InChI=1S/C16H21BrN2O/c1-3-13-10-14(19(4-2)18-13)9-12(11-20)15-7-5-6-8-16(15)17/h5-8,10,12,20H,3-4,9,11H2,1-2H3. The quantitative estimate of drug-likeness (QED) is 0.875. The van der Waals surface area contributed by atoms with Gasteiger partial charge in [-0.3, -0.25) is 4.68 Å².